The van der Waals surface area contributed by atoms with Crippen molar-refractivity contribution in [3.63, 3.8) is 0 Å². The molecule has 3 fully saturated rings. The number of amides is 5. The number of hydrogen-bond donors (Lipinski definition) is 5. The van der Waals surface area contributed by atoms with Gasteiger partial charge in [-0.25, -0.2) is 9.97 Å². The molecular weight excluding hydrogens is 735 g/mol. The average molecular weight is 786 g/mol. The second kappa shape index (κ2) is 18.4. The molecule has 56 heavy (non-hydrogen) atoms. The molecule has 0 bridgehead atoms. The van der Waals surface area contributed by atoms with Crippen LogP contribution < -0.4 is 26.6 Å². The van der Waals surface area contributed by atoms with Gasteiger partial charge in [-0.2, -0.15) is 0 Å². The Kier molecular flexibility index (Phi) is 13.0. The number of likely N-dealkylation sites (tertiary alicyclic amines) is 1. The molecule has 4 aliphatic rings. The summed E-state index contributed by atoms with van der Waals surface area (Å²) in [5, 5.41) is 18.0. The quantitative estimate of drug-likeness (QED) is 0.106. The zero-order chi connectivity index (χ0) is 38.9. The Balaban J connectivity index is 0.779. The van der Waals surface area contributed by atoms with Crippen LogP contribution in [0.5, 0.6) is 0 Å². The summed E-state index contributed by atoms with van der Waals surface area (Å²) in [7, 11) is 0. The van der Waals surface area contributed by atoms with E-state index in [1.165, 1.54) is 16.2 Å². The molecule has 1 aromatic carbocycles. The maximum Gasteiger partial charge on any atom is 0.255 e. The first kappa shape index (κ1) is 39.5. The Morgan fingerprint density at radius 2 is 1.82 bits per heavy atom. The third kappa shape index (κ3) is 9.78. The molecular formula is C40H51N9O6S. The molecule has 16 heteroatoms. The molecule has 2 aromatic heterocycles. The van der Waals surface area contributed by atoms with Crippen LogP contribution in [0.2, 0.25) is 0 Å². The van der Waals surface area contributed by atoms with E-state index in [1.807, 2.05) is 23.6 Å². The van der Waals surface area contributed by atoms with E-state index < -0.39 is 17.4 Å². The van der Waals surface area contributed by atoms with Crippen LogP contribution in [0.15, 0.2) is 48.0 Å². The zero-order valence-corrected chi connectivity index (χ0v) is 32.5. The highest BCUT2D eigenvalue weighted by molar-refractivity contribution is 7.13. The van der Waals surface area contributed by atoms with Crippen molar-refractivity contribution in [2.45, 2.75) is 82.8 Å². The number of imide groups is 1. The van der Waals surface area contributed by atoms with Gasteiger partial charge in [0.15, 0.2) is 5.13 Å². The first-order valence-corrected chi connectivity index (χ1v) is 20.6. The summed E-state index contributed by atoms with van der Waals surface area (Å²) < 4.78 is 5.61. The molecule has 0 spiro atoms. The van der Waals surface area contributed by atoms with Gasteiger partial charge in [0.25, 0.3) is 5.91 Å². The number of fused-ring (bicyclic) bond motifs is 1. The maximum atomic E-state index is 13.9. The minimum Gasteiger partial charge on any atom is -0.370 e. The van der Waals surface area contributed by atoms with Gasteiger partial charge in [0.2, 0.25) is 23.6 Å². The number of nitrogens with one attached hydrogen (secondary N) is 5. The van der Waals surface area contributed by atoms with Crippen LogP contribution in [-0.4, -0.2) is 107 Å². The third-order valence-electron chi connectivity index (χ3n) is 11.3. The summed E-state index contributed by atoms with van der Waals surface area (Å²) in [6.07, 6.45) is 9.72. The number of rotatable bonds is 16. The van der Waals surface area contributed by atoms with E-state index in [9.17, 15) is 24.0 Å². The summed E-state index contributed by atoms with van der Waals surface area (Å²) in [5.74, 6) is -0.519. The Morgan fingerprint density at radius 1 is 1.00 bits per heavy atom. The van der Waals surface area contributed by atoms with E-state index in [0.717, 1.165) is 87.8 Å². The lowest BCUT2D eigenvalue weighted by Gasteiger charge is -2.39. The van der Waals surface area contributed by atoms with Gasteiger partial charge in [-0.05, 0) is 56.4 Å². The fourth-order valence-corrected chi connectivity index (χ4v) is 8.84. The van der Waals surface area contributed by atoms with Crippen LogP contribution in [0.1, 0.15) is 79.4 Å². The number of aromatic nitrogens is 2. The van der Waals surface area contributed by atoms with Crippen molar-refractivity contribution < 1.29 is 28.7 Å². The SMILES string of the molecule is O=C1CCC(N2Cc3c(NC(=O)COCCNCCN4CCC(NC(=O)C5(Cc6cccc(Nc7nccs7)n6)CCCCC5)CC4)cccc3C2=O)C(=O)N1. The summed E-state index contributed by atoms with van der Waals surface area (Å²) >= 11 is 1.53. The Hall–Kier alpha value is -4.77. The van der Waals surface area contributed by atoms with Crippen molar-refractivity contribution in [1.82, 2.24) is 35.7 Å². The van der Waals surface area contributed by atoms with E-state index >= 15 is 0 Å². The molecule has 2 saturated heterocycles. The zero-order valence-electron chi connectivity index (χ0n) is 31.6. The highest BCUT2D eigenvalue weighted by atomic mass is 32.1. The molecule has 7 rings (SSSR count). The Morgan fingerprint density at radius 3 is 2.61 bits per heavy atom. The van der Waals surface area contributed by atoms with Crippen molar-refractivity contribution >= 4 is 57.5 Å². The summed E-state index contributed by atoms with van der Waals surface area (Å²) in [6, 6.07) is 10.5. The first-order chi connectivity index (χ1) is 27.3. The van der Waals surface area contributed by atoms with E-state index in [4.69, 9.17) is 9.72 Å². The number of pyridine rings is 1. The number of benzene rings is 1. The standard InChI is InChI=1S/C40H51N9O6S/c50-34-11-10-32(36(52)47-34)49-25-30-29(37(49)53)7-5-8-31(30)45-35(51)26-55-22-17-41-16-21-48-19-12-27(13-20-48)44-38(54)40(14-2-1-3-15-40)24-28-6-4-9-33(43-28)46-39-42-18-23-56-39/h4-9,18,23,27,32,41H,1-3,10-17,19-22,24-26H2,(H,44,54)(H,45,51)(H,42,43,46)(H,47,50,52). The van der Waals surface area contributed by atoms with Gasteiger partial charge in [0.05, 0.1) is 12.0 Å². The number of carbonyl (C=O) groups is 5. The van der Waals surface area contributed by atoms with Crippen LogP contribution in [0.25, 0.3) is 0 Å². The smallest absolute Gasteiger partial charge is 0.255 e. The number of hydrogen-bond acceptors (Lipinski definition) is 12. The van der Waals surface area contributed by atoms with E-state index in [-0.39, 0.29) is 55.7 Å². The predicted molar refractivity (Wildman–Crippen MR) is 211 cm³/mol. The Labute approximate surface area is 330 Å². The number of nitrogens with zero attached hydrogens (tertiary/aromatic N) is 4. The number of anilines is 3. The van der Waals surface area contributed by atoms with Crippen LogP contribution >= 0.6 is 11.3 Å². The molecule has 0 radical (unpaired) electrons. The lowest BCUT2D eigenvalue weighted by atomic mass is 9.70. The summed E-state index contributed by atoms with van der Waals surface area (Å²) in [6.45, 7) is 4.50. The van der Waals surface area contributed by atoms with Gasteiger partial charge in [-0.15, -0.1) is 11.3 Å². The molecule has 15 nitrogen and oxygen atoms in total. The minimum absolute atomic E-state index is 0.135. The molecule has 5 N–H and O–H groups in total. The highest BCUT2D eigenvalue weighted by Crippen LogP contribution is 2.40. The fourth-order valence-electron chi connectivity index (χ4n) is 8.30. The molecule has 298 valence electrons. The highest BCUT2D eigenvalue weighted by Gasteiger charge is 2.42. The van der Waals surface area contributed by atoms with Gasteiger partial charge >= 0.3 is 0 Å². The van der Waals surface area contributed by atoms with E-state index in [2.05, 4.69) is 36.5 Å². The Bertz CT molecular complexity index is 1880. The number of carbonyl (C=O) groups excluding carboxylic acids is 5. The lowest BCUT2D eigenvalue weighted by molar-refractivity contribution is -0.137. The number of piperidine rings is 2. The third-order valence-corrected chi connectivity index (χ3v) is 12.0. The van der Waals surface area contributed by atoms with Gasteiger partial charge in [0.1, 0.15) is 18.5 Å². The number of ether oxygens (including phenoxy) is 1. The molecule has 5 heterocycles. The van der Waals surface area contributed by atoms with Crippen LogP contribution in [0.4, 0.5) is 16.6 Å². The predicted octanol–water partition coefficient (Wildman–Crippen LogP) is 3.36. The minimum atomic E-state index is -0.720. The lowest BCUT2D eigenvalue weighted by Crippen LogP contribution is -2.52. The molecule has 1 saturated carbocycles. The molecule has 1 aliphatic carbocycles. The molecule has 1 unspecified atom stereocenters. The first-order valence-electron chi connectivity index (χ1n) is 19.8. The normalized spacial score (nSPS) is 20.0. The maximum absolute atomic E-state index is 13.9. The molecule has 1 atom stereocenters. The monoisotopic (exact) mass is 785 g/mol. The van der Waals surface area contributed by atoms with E-state index in [1.54, 1.807) is 24.4 Å². The number of thiazole rings is 1. The largest absolute Gasteiger partial charge is 0.370 e. The van der Waals surface area contributed by atoms with Crippen LogP contribution in [0.3, 0.4) is 0 Å². The van der Waals surface area contributed by atoms with Crippen molar-refractivity contribution in [2.24, 2.45) is 5.41 Å². The summed E-state index contributed by atoms with van der Waals surface area (Å²) in [5.41, 5.74) is 2.08. The summed E-state index contributed by atoms with van der Waals surface area (Å²) in [4.78, 5) is 76.7. The van der Waals surface area contributed by atoms with Gasteiger partial charge in [0, 0.05) is 92.2 Å². The van der Waals surface area contributed by atoms with Gasteiger partial charge in [-0.1, -0.05) is 31.4 Å². The fraction of sp³-hybridized carbons (Fsp3) is 0.525. The van der Waals surface area contributed by atoms with Crippen LogP contribution in [0, 0.1) is 5.41 Å². The molecule has 3 aromatic rings. The van der Waals surface area contributed by atoms with Gasteiger partial charge in [-0.3, -0.25) is 29.3 Å². The second-order valence-electron chi connectivity index (χ2n) is 15.2. The van der Waals surface area contributed by atoms with Gasteiger partial charge < -0.3 is 35.8 Å². The van der Waals surface area contributed by atoms with Crippen molar-refractivity contribution in [3.8, 4) is 0 Å². The topological polar surface area (TPSA) is 187 Å². The van der Waals surface area contributed by atoms with Crippen molar-refractivity contribution in [1.29, 1.82) is 0 Å². The molecule has 5 amide bonds. The van der Waals surface area contributed by atoms with Crippen molar-refractivity contribution in [3.05, 3.63) is 64.8 Å². The van der Waals surface area contributed by atoms with Crippen LogP contribution in [-0.2, 0) is 36.9 Å². The van der Waals surface area contributed by atoms with Crippen molar-refractivity contribution in [2.75, 3.05) is 56.6 Å². The second-order valence-corrected chi connectivity index (χ2v) is 16.1. The average Bonchev–Trinajstić information content (AvgIpc) is 3.83. The molecule has 3 aliphatic heterocycles. The van der Waals surface area contributed by atoms with E-state index in [0.29, 0.717) is 36.4 Å².